The normalized spacial score (nSPS) is 11.1. The highest BCUT2D eigenvalue weighted by Crippen LogP contribution is 2.29. The summed E-state index contributed by atoms with van der Waals surface area (Å²) in [4.78, 5) is 23.9. The largest absolute Gasteiger partial charge is 0.382 e. The zero-order valence-corrected chi connectivity index (χ0v) is 15.7. The Morgan fingerprint density at radius 2 is 1.96 bits per heavy atom. The monoisotopic (exact) mass is 475 g/mol. The van der Waals surface area contributed by atoms with Crippen LogP contribution in [0.5, 0.6) is 0 Å². The summed E-state index contributed by atoms with van der Waals surface area (Å²) in [5.41, 5.74) is 4.58. The molecule has 3 N–H and O–H groups in total. The second-order valence-corrected chi connectivity index (χ2v) is 6.63. The molecule has 3 rings (SSSR count). The number of H-pyrrole nitrogens is 1. The molecule has 0 aliphatic heterocycles. The van der Waals surface area contributed by atoms with Crippen molar-refractivity contribution in [2.24, 2.45) is 0 Å². The van der Waals surface area contributed by atoms with Gasteiger partial charge in [-0.25, -0.2) is 12.7 Å². The van der Waals surface area contributed by atoms with Gasteiger partial charge in [-0.3, -0.25) is 19.3 Å². The quantitative estimate of drug-likeness (QED) is 0.555. The Balaban J connectivity index is 2.29. The minimum absolute atomic E-state index is 0.00288. The number of halogens is 4. The molecule has 1 aromatic carbocycles. The summed E-state index contributed by atoms with van der Waals surface area (Å²) in [6.07, 6.45) is 1.21. The van der Waals surface area contributed by atoms with Crippen molar-refractivity contribution in [3.63, 3.8) is 0 Å². The number of nitrogens with two attached hydrogens (primary N) is 1. The fourth-order valence-electron chi connectivity index (χ4n) is 2.35. The molecule has 0 bridgehead atoms. The number of aromatic amines is 1. The van der Waals surface area contributed by atoms with E-state index < -0.39 is 28.8 Å². The smallest absolute Gasteiger partial charge is 0.268 e. The van der Waals surface area contributed by atoms with Crippen molar-refractivity contribution in [1.29, 1.82) is 0 Å². The molecule has 0 fully saturated rings. The molecule has 1 amide bonds. The van der Waals surface area contributed by atoms with Crippen molar-refractivity contribution in [3.05, 3.63) is 44.8 Å². The summed E-state index contributed by atoms with van der Waals surface area (Å²) in [7, 11) is 0. The van der Waals surface area contributed by atoms with Crippen molar-refractivity contribution >= 4 is 60.4 Å². The molecular formula is C14H9Br2F2N5O2. The van der Waals surface area contributed by atoms with E-state index in [1.807, 2.05) is 0 Å². The van der Waals surface area contributed by atoms with Gasteiger partial charge in [-0.1, -0.05) is 0 Å². The maximum absolute atomic E-state index is 14.5. The molecule has 25 heavy (non-hydrogen) atoms. The summed E-state index contributed by atoms with van der Waals surface area (Å²) < 4.78 is 31.1. The average molecular weight is 477 g/mol. The standard InChI is InChI=1S/C14H9Br2F2N5O2/c1-5(24)23(16)6-2-8(17)12(9(18)3-6)22-4-7(15)11-10(14(22)25)13(19)21-20-11/h2-4H,1H3,(H3,19,20,21). The van der Waals surface area contributed by atoms with Crippen LogP contribution in [-0.2, 0) is 4.79 Å². The van der Waals surface area contributed by atoms with Gasteiger partial charge in [0.1, 0.15) is 11.1 Å². The second-order valence-electron chi connectivity index (χ2n) is 5.07. The highest BCUT2D eigenvalue weighted by Gasteiger charge is 2.21. The number of fused-ring (bicyclic) bond motifs is 1. The predicted octanol–water partition coefficient (Wildman–Crippen LogP) is 3.00. The van der Waals surface area contributed by atoms with E-state index in [-0.39, 0.29) is 16.9 Å². The Bertz CT molecular complexity index is 1060. The zero-order valence-electron chi connectivity index (χ0n) is 12.5. The molecule has 0 spiro atoms. The molecular weight excluding hydrogens is 468 g/mol. The lowest BCUT2D eigenvalue weighted by molar-refractivity contribution is -0.115. The summed E-state index contributed by atoms with van der Waals surface area (Å²) >= 11 is 6.11. The van der Waals surface area contributed by atoms with Crippen LogP contribution in [0.2, 0.25) is 0 Å². The minimum atomic E-state index is -1.03. The van der Waals surface area contributed by atoms with E-state index in [1.165, 1.54) is 13.1 Å². The van der Waals surface area contributed by atoms with Gasteiger partial charge in [-0.15, -0.1) is 0 Å². The zero-order chi connectivity index (χ0) is 18.5. The van der Waals surface area contributed by atoms with E-state index in [2.05, 4.69) is 42.3 Å². The van der Waals surface area contributed by atoms with E-state index in [0.29, 0.717) is 9.99 Å². The SMILES string of the molecule is CC(=O)N(Br)c1cc(F)c(-n2cc(Br)c3[nH]nc(N)c3c2=O)c(F)c1. The van der Waals surface area contributed by atoms with E-state index >= 15 is 0 Å². The van der Waals surface area contributed by atoms with Crippen LogP contribution in [0.1, 0.15) is 6.92 Å². The molecule has 0 radical (unpaired) electrons. The molecule has 3 aromatic rings. The molecule has 130 valence electrons. The van der Waals surface area contributed by atoms with Crippen molar-refractivity contribution in [1.82, 2.24) is 14.8 Å². The van der Waals surface area contributed by atoms with Gasteiger partial charge < -0.3 is 5.73 Å². The van der Waals surface area contributed by atoms with Gasteiger partial charge in [0.25, 0.3) is 5.56 Å². The first kappa shape index (κ1) is 17.5. The molecule has 0 saturated carbocycles. The van der Waals surface area contributed by atoms with Gasteiger partial charge in [-0.05, 0) is 15.9 Å². The third-order valence-electron chi connectivity index (χ3n) is 3.45. The van der Waals surface area contributed by atoms with Crippen LogP contribution in [0.15, 0.2) is 27.6 Å². The summed E-state index contributed by atoms with van der Waals surface area (Å²) in [5.74, 6) is -2.62. The topological polar surface area (TPSA) is 97.0 Å². The maximum Gasteiger partial charge on any atom is 0.268 e. The summed E-state index contributed by atoms with van der Waals surface area (Å²) in [5, 5.41) is 6.30. The van der Waals surface area contributed by atoms with Gasteiger partial charge in [0.2, 0.25) is 5.91 Å². The number of rotatable bonds is 2. The number of hydrogen-bond donors (Lipinski definition) is 2. The number of hydrogen-bond acceptors (Lipinski definition) is 4. The summed E-state index contributed by atoms with van der Waals surface area (Å²) in [6.45, 7) is 1.22. The van der Waals surface area contributed by atoms with Gasteiger partial charge in [0, 0.05) is 25.3 Å². The van der Waals surface area contributed by atoms with Crippen LogP contribution in [0.4, 0.5) is 20.3 Å². The number of pyridine rings is 1. The predicted molar refractivity (Wildman–Crippen MR) is 95.8 cm³/mol. The Morgan fingerprint density at radius 1 is 1.36 bits per heavy atom. The first-order chi connectivity index (χ1) is 11.7. The van der Waals surface area contributed by atoms with Gasteiger partial charge >= 0.3 is 0 Å². The van der Waals surface area contributed by atoms with E-state index in [4.69, 9.17) is 5.73 Å². The molecule has 2 aromatic heterocycles. The lowest BCUT2D eigenvalue weighted by atomic mass is 10.2. The fraction of sp³-hybridized carbons (Fsp3) is 0.0714. The Labute approximate surface area is 155 Å². The van der Waals surface area contributed by atoms with Crippen LogP contribution in [-0.4, -0.2) is 20.7 Å². The Kier molecular flexibility index (Phi) is 4.37. The third-order valence-corrected chi connectivity index (χ3v) is 4.96. The first-order valence-corrected chi connectivity index (χ1v) is 8.23. The summed E-state index contributed by atoms with van der Waals surface area (Å²) in [6, 6.07) is 1.86. The lowest BCUT2D eigenvalue weighted by Crippen LogP contribution is -2.22. The number of amides is 1. The number of anilines is 2. The molecule has 0 unspecified atom stereocenters. The molecule has 2 heterocycles. The molecule has 0 aliphatic carbocycles. The van der Waals surface area contributed by atoms with E-state index in [9.17, 15) is 18.4 Å². The van der Waals surface area contributed by atoms with Crippen LogP contribution in [0, 0.1) is 11.6 Å². The highest BCUT2D eigenvalue weighted by molar-refractivity contribution is 9.10. The maximum atomic E-state index is 14.5. The van der Waals surface area contributed by atoms with E-state index in [1.54, 1.807) is 0 Å². The Hall–Kier alpha value is -2.27. The van der Waals surface area contributed by atoms with Crippen LogP contribution >= 0.6 is 32.1 Å². The van der Waals surface area contributed by atoms with Gasteiger partial charge in [0.15, 0.2) is 17.5 Å². The number of nitrogens with one attached hydrogen (secondary N) is 1. The van der Waals surface area contributed by atoms with Crippen LogP contribution in [0.25, 0.3) is 16.6 Å². The van der Waals surface area contributed by atoms with E-state index in [0.717, 1.165) is 20.6 Å². The average Bonchev–Trinajstić information content (AvgIpc) is 2.93. The minimum Gasteiger partial charge on any atom is -0.382 e. The number of benzene rings is 1. The molecule has 7 nitrogen and oxygen atoms in total. The molecule has 0 saturated heterocycles. The molecule has 0 atom stereocenters. The fourth-order valence-corrected chi connectivity index (χ4v) is 3.04. The number of nitrogens with zero attached hydrogens (tertiary/aromatic N) is 3. The van der Waals surface area contributed by atoms with Crippen LogP contribution < -0.4 is 15.2 Å². The Morgan fingerprint density at radius 3 is 2.52 bits per heavy atom. The molecule has 0 aliphatic rings. The lowest BCUT2D eigenvalue weighted by Gasteiger charge is -2.15. The number of aromatic nitrogens is 3. The van der Waals surface area contributed by atoms with Crippen molar-refractivity contribution < 1.29 is 13.6 Å². The number of nitrogen functional groups attached to an aromatic ring is 1. The van der Waals surface area contributed by atoms with Crippen molar-refractivity contribution in [2.75, 3.05) is 9.66 Å². The highest BCUT2D eigenvalue weighted by atomic mass is 79.9. The molecule has 11 heteroatoms. The van der Waals surface area contributed by atoms with Gasteiger partial charge in [0.05, 0.1) is 31.8 Å². The van der Waals surface area contributed by atoms with Crippen molar-refractivity contribution in [2.45, 2.75) is 6.92 Å². The third kappa shape index (κ3) is 2.82. The first-order valence-electron chi connectivity index (χ1n) is 6.73. The van der Waals surface area contributed by atoms with Gasteiger partial charge in [-0.2, -0.15) is 5.10 Å². The number of carbonyl (C=O) groups is 1. The second kappa shape index (κ2) is 6.23. The van der Waals surface area contributed by atoms with Crippen LogP contribution in [0.3, 0.4) is 0 Å². The van der Waals surface area contributed by atoms with Crippen molar-refractivity contribution in [3.8, 4) is 5.69 Å². The number of carbonyl (C=O) groups excluding carboxylic acids is 1.